The van der Waals surface area contributed by atoms with Crippen LogP contribution in [0, 0.1) is 0 Å². The second-order valence-electron chi connectivity index (χ2n) is 4.14. The predicted octanol–water partition coefficient (Wildman–Crippen LogP) is 1.52. The first-order valence-electron chi connectivity index (χ1n) is 5.50. The van der Waals surface area contributed by atoms with Crippen LogP contribution in [-0.4, -0.2) is 37.0 Å². The van der Waals surface area contributed by atoms with Gasteiger partial charge in [0.15, 0.2) is 0 Å². The van der Waals surface area contributed by atoms with Crippen LogP contribution < -0.4 is 10.5 Å². The van der Waals surface area contributed by atoms with Crippen LogP contribution in [0.3, 0.4) is 0 Å². The predicted molar refractivity (Wildman–Crippen MR) is 66.5 cm³/mol. The van der Waals surface area contributed by atoms with Crippen molar-refractivity contribution in [3.05, 3.63) is 28.8 Å². The molecule has 0 aromatic heterocycles. The van der Waals surface area contributed by atoms with Crippen molar-refractivity contribution in [3.8, 4) is 5.75 Å². The highest BCUT2D eigenvalue weighted by Gasteiger charge is 2.26. The van der Waals surface area contributed by atoms with Gasteiger partial charge in [-0.15, -0.1) is 0 Å². The maximum atomic E-state index is 12.2. The summed E-state index contributed by atoms with van der Waals surface area (Å²) in [6.45, 7) is 1.30. The monoisotopic (exact) mass is 254 g/mol. The number of hydrogen-bond donors (Lipinski definition) is 1. The third-order valence-electron chi connectivity index (χ3n) is 2.91. The second kappa shape index (κ2) is 4.94. The van der Waals surface area contributed by atoms with Crippen molar-refractivity contribution in [2.75, 3.05) is 20.2 Å². The first kappa shape index (κ1) is 12.2. The number of methoxy groups -OCH3 is 1. The molecule has 1 aliphatic rings. The summed E-state index contributed by atoms with van der Waals surface area (Å²) in [4.78, 5) is 14.0. The van der Waals surface area contributed by atoms with Gasteiger partial charge >= 0.3 is 0 Å². The molecule has 2 rings (SSSR count). The summed E-state index contributed by atoms with van der Waals surface area (Å²) in [6, 6.07) is 5.10. The standard InChI is InChI=1S/C12H15ClN2O2/c1-17-11-6-8(13)2-3-10(11)12(16)15-5-4-9(14)7-15/h2-3,6,9H,4-5,7,14H2,1H3. The van der Waals surface area contributed by atoms with E-state index in [9.17, 15) is 4.79 Å². The highest BCUT2D eigenvalue weighted by atomic mass is 35.5. The van der Waals surface area contributed by atoms with E-state index in [4.69, 9.17) is 22.1 Å². The minimum Gasteiger partial charge on any atom is -0.496 e. The molecule has 1 aliphatic heterocycles. The third kappa shape index (κ3) is 2.53. The van der Waals surface area contributed by atoms with E-state index in [0.29, 0.717) is 29.4 Å². The van der Waals surface area contributed by atoms with E-state index in [2.05, 4.69) is 0 Å². The van der Waals surface area contributed by atoms with Gasteiger partial charge in [-0.25, -0.2) is 0 Å². The Hall–Kier alpha value is -1.26. The zero-order chi connectivity index (χ0) is 12.4. The van der Waals surface area contributed by atoms with Crippen LogP contribution in [0.2, 0.25) is 5.02 Å². The second-order valence-corrected chi connectivity index (χ2v) is 4.58. The third-order valence-corrected chi connectivity index (χ3v) is 3.14. The lowest BCUT2D eigenvalue weighted by molar-refractivity contribution is 0.0787. The van der Waals surface area contributed by atoms with E-state index in [0.717, 1.165) is 6.42 Å². The Labute approximate surface area is 105 Å². The van der Waals surface area contributed by atoms with Gasteiger partial charge in [0.1, 0.15) is 5.75 Å². The summed E-state index contributed by atoms with van der Waals surface area (Å²) >= 11 is 5.86. The number of hydrogen-bond acceptors (Lipinski definition) is 3. The fourth-order valence-corrected chi connectivity index (χ4v) is 2.15. The van der Waals surface area contributed by atoms with Crippen LogP contribution in [-0.2, 0) is 0 Å². The lowest BCUT2D eigenvalue weighted by Crippen LogP contribution is -2.32. The molecule has 0 radical (unpaired) electrons. The largest absolute Gasteiger partial charge is 0.496 e. The Balaban J connectivity index is 2.24. The van der Waals surface area contributed by atoms with Crippen LogP contribution in [0.1, 0.15) is 16.8 Å². The molecule has 1 unspecified atom stereocenters. The van der Waals surface area contributed by atoms with Gasteiger partial charge in [0.2, 0.25) is 0 Å². The molecule has 1 aromatic rings. The molecule has 1 atom stereocenters. The van der Waals surface area contributed by atoms with Crippen molar-refractivity contribution in [2.24, 2.45) is 5.73 Å². The molecule has 2 N–H and O–H groups in total. The maximum Gasteiger partial charge on any atom is 0.257 e. The van der Waals surface area contributed by atoms with E-state index in [1.165, 1.54) is 7.11 Å². The fraction of sp³-hybridized carbons (Fsp3) is 0.417. The number of nitrogens with zero attached hydrogens (tertiary/aromatic N) is 1. The van der Waals surface area contributed by atoms with Crippen LogP contribution in [0.4, 0.5) is 0 Å². The summed E-state index contributed by atoms with van der Waals surface area (Å²) in [5.41, 5.74) is 6.32. The quantitative estimate of drug-likeness (QED) is 0.871. The Morgan fingerprint density at radius 1 is 1.59 bits per heavy atom. The summed E-state index contributed by atoms with van der Waals surface area (Å²) in [7, 11) is 1.53. The Morgan fingerprint density at radius 2 is 2.35 bits per heavy atom. The van der Waals surface area contributed by atoms with Gasteiger partial charge in [0, 0.05) is 24.2 Å². The number of nitrogens with two attached hydrogens (primary N) is 1. The fourth-order valence-electron chi connectivity index (χ4n) is 1.98. The minimum absolute atomic E-state index is 0.0496. The topological polar surface area (TPSA) is 55.6 Å². The van der Waals surface area contributed by atoms with E-state index in [-0.39, 0.29) is 11.9 Å². The van der Waals surface area contributed by atoms with Crippen molar-refractivity contribution < 1.29 is 9.53 Å². The van der Waals surface area contributed by atoms with Gasteiger partial charge in [0.25, 0.3) is 5.91 Å². The molecular weight excluding hydrogens is 240 g/mol. The van der Waals surface area contributed by atoms with Crippen molar-refractivity contribution in [3.63, 3.8) is 0 Å². The van der Waals surface area contributed by atoms with E-state index < -0.39 is 0 Å². The molecule has 92 valence electrons. The first-order chi connectivity index (χ1) is 8.11. The molecular formula is C12H15ClN2O2. The molecule has 5 heteroatoms. The molecule has 1 saturated heterocycles. The number of rotatable bonds is 2. The van der Waals surface area contributed by atoms with Crippen LogP contribution in [0.5, 0.6) is 5.75 Å². The molecule has 4 nitrogen and oxygen atoms in total. The zero-order valence-electron chi connectivity index (χ0n) is 9.65. The molecule has 0 saturated carbocycles. The van der Waals surface area contributed by atoms with Gasteiger partial charge in [-0.2, -0.15) is 0 Å². The highest BCUT2D eigenvalue weighted by Crippen LogP contribution is 2.25. The summed E-state index contributed by atoms with van der Waals surface area (Å²) in [5.74, 6) is 0.453. The number of ether oxygens (including phenoxy) is 1. The molecule has 1 fully saturated rings. The highest BCUT2D eigenvalue weighted by molar-refractivity contribution is 6.30. The average Bonchev–Trinajstić information content (AvgIpc) is 2.75. The average molecular weight is 255 g/mol. The lowest BCUT2D eigenvalue weighted by Gasteiger charge is -2.17. The molecule has 0 aliphatic carbocycles. The maximum absolute atomic E-state index is 12.2. The number of amides is 1. The molecule has 1 aromatic carbocycles. The van der Waals surface area contributed by atoms with E-state index in [1.807, 2.05) is 0 Å². The van der Waals surface area contributed by atoms with E-state index in [1.54, 1.807) is 23.1 Å². The van der Waals surface area contributed by atoms with Crippen molar-refractivity contribution in [2.45, 2.75) is 12.5 Å². The molecule has 0 bridgehead atoms. The van der Waals surface area contributed by atoms with Gasteiger partial charge in [0.05, 0.1) is 12.7 Å². The van der Waals surface area contributed by atoms with E-state index >= 15 is 0 Å². The SMILES string of the molecule is COc1cc(Cl)ccc1C(=O)N1CCC(N)C1. The van der Waals surface area contributed by atoms with Crippen molar-refractivity contribution in [1.82, 2.24) is 4.90 Å². The van der Waals surface area contributed by atoms with Crippen molar-refractivity contribution in [1.29, 1.82) is 0 Å². The van der Waals surface area contributed by atoms with Gasteiger partial charge in [-0.1, -0.05) is 11.6 Å². The Bertz CT molecular complexity index is 437. The normalized spacial score (nSPS) is 19.5. The van der Waals surface area contributed by atoms with Gasteiger partial charge < -0.3 is 15.4 Å². The molecule has 0 spiro atoms. The number of benzene rings is 1. The number of likely N-dealkylation sites (tertiary alicyclic amines) is 1. The number of carbonyl (C=O) groups excluding carboxylic acids is 1. The smallest absolute Gasteiger partial charge is 0.257 e. The van der Waals surface area contributed by atoms with Gasteiger partial charge in [-0.05, 0) is 24.6 Å². The molecule has 1 amide bonds. The minimum atomic E-state index is -0.0496. The summed E-state index contributed by atoms with van der Waals surface area (Å²) in [5, 5.41) is 0.552. The Morgan fingerprint density at radius 3 is 2.94 bits per heavy atom. The van der Waals surface area contributed by atoms with Crippen LogP contribution in [0.25, 0.3) is 0 Å². The van der Waals surface area contributed by atoms with Gasteiger partial charge in [-0.3, -0.25) is 4.79 Å². The Kier molecular flexibility index (Phi) is 3.54. The number of halogens is 1. The zero-order valence-corrected chi connectivity index (χ0v) is 10.4. The van der Waals surface area contributed by atoms with Crippen LogP contribution >= 0.6 is 11.6 Å². The molecule has 1 heterocycles. The molecule has 17 heavy (non-hydrogen) atoms. The summed E-state index contributed by atoms with van der Waals surface area (Å²) < 4.78 is 5.17. The van der Waals surface area contributed by atoms with Crippen molar-refractivity contribution >= 4 is 17.5 Å². The number of carbonyl (C=O) groups is 1. The summed E-state index contributed by atoms with van der Waals surface area (Å²) in [6.07, 6.45) is 0.849. The van der Waals surface area contributed by atoms with Crippen LogP contribution in [0.15, 0.2) is 18.2 Å². The first-order valence-corrected chi connectivity index (χ1v) is 5.88. The lowest BCUT2D eigenvalue weighted by atomic mass is 10.1.